The lowest BCUT2D eigenvalue weighted by Crippen LogP contribution is -2.29. The third-order valence-electron chi connectivity index (χ3n) is 4.78. The van der Waals surface area contributed by atoms with E-state index in [2.05, 4.69) is 39.3 Å². The summed E-state index contributed by atoms with van der Waals surface area (Å²) >= 11 is 0. The van der Waals surface area contributed by atoms with E-state index in [1.165, 1.54) is 0 Å². The molecule has 0 bridgehead atoms. The van der Waals surface area contributed by atoms with Crippen molar-refractivity contribution in [3.63, 3.8) is 0 Å². The molecule has 2 heterocycles. The molecule has 27 heavy (non-hydrogen) atoms. The first kappa shape index (κ1) is 17.2. The van der Waals surface area contributed by atoms with Gasteiger partial charge in [-0.3, -0.25) is 9.89 Å². The van der Waals surface area contributed by atoms with Crippen molar-refractivity contribution in [2.24, 2.45) is 0 Å². The van der Waals surface area contributed by atoms with Gasteiger partial charge in [-0.1, -0.05) is 26.0 Å². The SMILES string of the molecule is CC1(C)Cc2cnc(N)nc2-c2n[nH]c(C(=O)Nc3cccc(CO)c3)c21. The molecular weight excluding hydrogens is 344 g/mol. The molecule has 0 aliphatic heterocycles. The van der Waals surface area contributed by atoms with Gasteiger partial charge < -0.3 is 16.2 Å². The average molecular weight is 364 g/mol. The van der Waals surface area contributed by atoms with Gasteiger partial charge in [0.2, 0.25) is 5.95 Å². The van der Waals surface area contributed by atoms with Crippen LogP contribution < -0.4 is 11.1 Å². The highest BCUT2D eigenvalue weighted by Crippen LogP contribution is 2.42. The molecule has 1 aromatic carbocycles. The maximum absolute atomic E-state index is 12.9. The molecule has 138 valence electrons. The minimum atomic E-state index is -0.325. The largest absolute Gasteiger partial charge is 0.392 e. The number of anilines is 2. The van der Waals surface area contributed by atoms with Gasteiger partial charge in [0.1, 0.15) is 11.4 Å². The summed E-state index contributed by atoms with van der Waals surface area (Å²) in [4.78, 5) is 21.3. The molecule has 8 heteroatoms. The molecule has 0 fully saturated rings. The Morgan fingerprint density at radius 3 is 2.96 bits per heavy atom. The quantitative estimate of drug-likeness (QED) is 0.563. The van der Waals surface area contributed by atoms with Gasteiger partial charge >= 0.3 is 0 Å². The van der Waals surface area contributed by atoms with Gasteiger partial charge in [-0.2, -0.15) is 5.10 Å². The zero-order valence-corrected chi connectivity index (χ0v) is 15.1. The van der Waals surface area contributed by atoms with E-state index < -0.39 is 0 Å². The lowest BCUT2D eigenvalue weighted by molar-refractivity contribution is 0.102. The number of hydrogen-bond donors (Lipinski definition) is 4. The predicted molar refractivity (Wildman–Crippen MR) is 101 cm³/mol. The lowest BCUT2D eigenvalue weighted by atomic mass is 9.73. The second-order valence-electron chi connectivity index (χ2n) is 7.30. The second kappa shape index (κ2) is 6.17. The number of aromatic nitrogens is 4. The van der Waals surface area contributed by atoms with Crippen molar-refractivity contribution in [2.75, 3.05) is 11.1 Å². The van der Waals surface area contributed by atoms with Crippen molar-refractivity contribution < 1.29 is 9.90 Å². The van der Waals surface area contributed by atoms with E-state index in [9.17, 15) is 9.90 Å². The number of aromatic amines is 1. The summed E-state index contributed by atoms with van der Waals surface area (Å²) in [7, 11) is 0. The molecule has 0 spiro atoms. The minimum absolute atomic E-state index is 0.0892. The van der Waals surface area contributed by atoms with E-state index in [1.807, 2.05) is 0 Å². The van der Waals surface area contributed by atoms with Crippen LogP contribution in [0.4, 0.5) is 11.6 Å². The number of aliphatic hydroxyl groups excluding tert-OH is 1. The summed E-state index contributed by atoms with van der Waals surface area (Å²) in [5.41, 5.74) is 10.2. The number of nitrogens with zero attached hydrogens (tertiary/aromatic N) is 3. The van der Waals surface area contributed by atoms with Crippen molar-refractivity contribution in [3.8, 4) is 11.4 Å². The van der Waals surface area contributed by atoms with Crippen molar-refractivity contribution in [1.29, 1.82) is 0 Å². The van der Waals surface area contributed by atoms with Gasteiger partial charge in [-0.15, -0.1) is 0 Å². The van der Waals surface area contributed by atoms with Crippen LogP contribution in [0.3, 0.4) is 0 Å². The van der Waals surface area contributed by atoms with Crippen LogP contribution in [0.5, 0.6) is 0 Å². The summed E-state index contributed by atoms with van der Waals surface area (Å²) in [6.07, 6.45) is 2.40. The van der Waals surface area contributed by atoms with Gasteiger partial charge in [-0.25, -0.2) is 9.97 Å². The van der Waals surface area contributed by atoms with Crippen LogP contribution in [-0.4, -0.2) is 31.2 Å². The summed E-state index contributed by atoms with van der Waals surface area (Å²) < 4.78 is 0. The molecule has 0 radical (unpaired) electrons. The van der Waals surface area contributed by atoms with Crippen LogP contribution in [0, 0.1) is 0 Å². The normalized spacial score (nSPS) is 14.3. The smallest absolute Gasteiger partial charge is 0.273 e. The Kier molecular flexibility index (Phi) is 3.92. The molecular formula is C19H20N6O2. The van der Waals surface area contributed by atoms with Gasteiger partial charge in [-0.05, 0) is 35.1 Å². The van der Waals surface area contributed by atoms with Crippen LogP contribution in [0.25, 0.3) is 11.4 Å². The molecule has 0 saturated carbocycles. The highest BCUT2D eigenvalue weighted by atomic mass is 16.3. The third kappa shape index (κ3) is 2.93. The molecule has 1 aliphatic carbocycles. The molecule has 2 aromatic heterocycles. The molecule has 1 aliphatic rings. The van der Waals surface area contributed by atoms with Crippen molar-refractivity contribution in [2.45, 2.75) is 32.3 Å². The number of fused-ring (bicyclic) bond motifs is 3. The van der Waals surface area contributed by atoms with E-state index in [1.54, 1.807) is 30.5 Å². The highest BCUT2D eigenvalue weighted by Gasteiger charge is 2.38. The van der Waals surface area contributed by atoms with E-state index in [4.69, 9.17) is 5.73 Å². The molecule has 3 aromatic rings. The fourth-order valence-electron chi connectivity index (χ4n) is 3.60. The van der Waals surface area contributed by atoms with Crippen LogP contribution in [0.15, 0.2) is 30.5 Å². The molecule has 8 nitrogen and oxygen atoms in total. The van der Waals surface area contributed by atoms with Gasteiger partial charge in [0.05, 0.1) is 12.3 Å². The number of amides is 1. The molecule has 0 saturated heterocycles. The number of nitrogens with two attached hydrogens (primary N) is 1. The Labute approximate surface area is 155 Å². The number of nitrogen functional groups attached to an aromatic ring is 1. The van der Waals surface area contributed by atoms with Gasteiger partial charge in [0.15, 0.2) is 0 Å². The predicted octanol–water partition coefficient (Wildman–Crippen LogP) is 2.03. The van der Waals surface area contributed by atoms with Crippen LogP contribution in [0.1, 0.15) is 41.0 Å². The minimum Gasteiger partial charge on any atom is -0.392 e. The van der Waals surface area contributed by atoms with Crippen LogP contribution in [-0.2, 0) is 18.4 Å². The number of carbonyl (C=O) groups is 1. The number of nitrogens with one attached hydrogen (secondary N) is 2. The molecule has 1 amide bonds. The first-order valence-electron chi connectivity index (χ1n) is 8.61. The molecule has 0 atom stereocenters. The maximum atomic E-state index is 12.9. The van der Waals surface area contributed by atoms with Crippen LogP contribution >= 0.6 is 0 Å². The lowest BCUT2D eigenvalue weighted by Gasteiger charge is -2.30. The Morgan fingerprint density at radius 1 is 1.37 bits per heavy atom. The van der Waals surface area contributed by atoms with E-state index in [0.717, 1.165) is 16.7 Å². The number of H-pyrrole nitrogens is 1. The van der Waals surface area contributed by atoms with E-state index in [0.29, 0.717) is 29.2 Å². The van der Waals surface area contributed by atoms with Crippen molar-refractivity contribution >= 4 is 17.5 Å². The van der Waals surface area contributed by atoms with Gasteiger partial charge in [0, 0.05) is 17.4 Å². The summed E-state index contributed by atoms with van der Waals surface area (Å²) in [5.74, 6) is -0.119. The van der Waals surface area contributed by atoms with Crippen molar-refractivity contribution in [3.05, 3.63) is 52.8 Å². The zero-order valence-electron chi connectivity index (χ0n) is 15.1. The monoisotopic (exact) mass is 364 g/mol. The molecule has 5 N–H and O–H groups in total. The fraction of sp³-hybridized carbons (Fsp3) is 0.263. The number of hydrogen-bond acceptors (Lipinski definition) is 6. The van der Waals surface area contributed by atoms with E-state index >= 15 is 0 Å². The second-order valence-corrected chi connectivity index (χ2v) is 7.30. The van der Waals surface area contributed by atoms with E-state index in [-0.39, 0.29) is 23.9 Å². The maximum Gasteiger partial charge on any atom is 0.273 e. The van der Waals surface area contributed by atoms with Crippen molar-refractivity contribution in [1.82, 2.24) is 20.2 Å². The Morgan fingerprint density at radius 2 is 2.19 bits per heavy atom. The molecule has 4 rings (SSSR count). The number of carbonyl (C=O) groups excluding carboxylic acids is 1. The number of aliphatic hydroxyl groups is 1. The Hall–Kier alpha value is -3.26. The summed E-state index contributed by atoms with van der Waals surface area (Å²) in [6, 6.07) is 7.07. The first-order chi connectivity index (χ1) is 12.9. The fourth-order valence-corrected chi connectivity index (χ4v) is 3.60. The molecule has 0 unspecified atom stereocenters. The number of rotatable bonds is 3. The Balaban J connectivity index is 1.75. The number of benzene rings is 1. The standard InChI is InChI=1S/C19H20N6O2/c1-19(2)7-11-8-21-18(20)23-14(11)15-13(19)16(25-24-15)17(27)22-12-5-3-4-10(6-12)9-26/h3-6,8,26H,7,9H2,1-2H3,(H,22,27)(H,24,25)(H2,20,21,23). The average Bonchev–Trinajstić information content (AvgIpc) is 3.09. The first-order valence-corrected chi connectivity index (χ1v) is 8.61. The summed E-state index contributed by atoms with van der Waals surface area (Å²) in [6.45, 7) is 4.03. The van der Waals surface area contributed by atoms with Gasteiger partial charge in [0.25, 0.3) is 5.91 Å². The Bertz CT molecular complexity index is 1040. The third-order valence-corrected chi connectivity index (χ3v) is 4.78. The van der Waals surface area contributed by atoms with Crippen LogP contribution in [0.2, 0.25) is 0 Å². The highest BCUT2D eigenvalue weighted by molar-refractivity contribution is 6.05. The summed E-state index contributed by atoms with van der Waals surface area (Å²) in [5, 5.41) is 19.4. The topological polar surface area (TPSA) is 130 Å². The zero-order chi connectivity index (χ0) is 19.2.